The molecule has 0 atom stereocenters. The molecule has 0 aliphatic carbocycles. The molecule has 2 heterocycles. The fraction of sp³-hybridized carbons (Fsp3) is 0. The van der Waals surface area contributed by atoms with Crippen LogP contribution in [0.5, 0.6) is 0 Å². The van der Waals surface area contributed by atoms with Crippen LogP contribution in [0.15, 0.2) is 180 Å². The van der Waals surface area contributed by atoms with Crippen LogP contribution in [0.4, 0.5) is 0 Å². The van der Waals surface area contributed by atoms with E-state index in [-0.39, 0.29) is 0 Å². The van der Waals surface area contributed by atoms with Crippen molar-refractivity contribution < 1.29 is 0 Å². The first kappa shape index (κ1) is 33.1. The number of nitrogens with zero attached hydrogens (tertiary/aromatic N) is 5. The molecule has 7 heteroatoms. The van der Waals surface area contributed by atoms with Crippen molar-refractivity contribution in [1.82, 2.24) is 24.9 Å². The lowest BCUT2D eigenvalue weighted by Gasteiger charge is -2.09. The largest absolute Gasteiger partial charge is 0.228 e. The molecule has 2 aromatic heterocycles. The zero-order valence-corrected chi connectivity index (χ0v) is 30.5. The smallest absolute Gasteiger partial charge is 0.164 e. The molecule has 0 saturated heterocycles. The molecule has 0 saturated carbocycles. The Balaban J connectivity index is 0.000000157. The normalized spacial score (nSPS) is 10.6. The monoisotopic (exact) mass is 821 g/mol. The highest BCUT2D eigenvalue weighted by atomic mass is 127. The fourth-order valence-electron chi connectivity index (χ4n) is 5.25. The lowest BCUT2D eigenvalue weighted by atomic mass is 10.1. The van der Waals surface area contributed by atoms with Crippen LogP contribution >= 0.6 is 38.5 Å². The Morgan fingerprint density at radius 3 is 1.12 bits per heavy atom. The van der Waals surface area contributed by atoms with Gasteiger partial charge in [-0.1, -0.05) is 162 Å². The number of rotatable bonds is 6. The number of benzene rings is 6. The minimum atomic E-state index is 0.684. The van der Waals surface area contributed by atoms with Crippen LogP contribution < -0.4 is 0 Å². The highest BCUT2D eigenvalue weighted by Crippen LogP contribution is 2.28. The third-order valence-electron chi connectivity index (χ3n) is 7.75. The third kappa shape index (κ3) is 8.25. The van der Waals surface area contributed by atoms with Gasteiger partial charge in [-0.15, -0.1) is 0 Å². The minimum absolute atomic E-state index is 0.684. The molecule has 6 aromatic carbocycles. The maximum absolute atomic E-state index is 4.80. The van der Waals surface area contributed by atoms with Crippen molar-refractivity contribution in [3.05, 3.63) is 184 Å². The predicted octanol–water partition coefficient (Wildman–Crippen LogP) is 11.7. The van der Waals surface area contributed by atoms with Crippen molar-refractivity contribution in [3.63, 3.8) is 0 Å². The van der Waals surface area contributed by atoms with Crippen LogP contribution in [0.3, 0.4) is 0 Å². The molecule has 240 valence electrons. The van der Waals surface area contributed by atoms with Gasteiger partial charge in [-0.3, -0.25) is 0 Å². The summed E-state index contributed by atoms with van der Waals surface area (Å²) in [4.78, 5) is 23.7. The maximum atomic E-state index is 4.80. The van der Waals surface area contributed by atoms with E-state index in [9.17, 15) is 0 Å². The zero-order chi connectivity index (χ0) is 34.1. The highest BCUT2D eigenvalue weighted by Gasteiger charge is 2.13. The van der Waals surface area contributed by atoms with E-state index in [1.54, 1.807) is 0 Å². The van der Waals surface area contributed by atoms with Crippen LogP contribution in [-0.4, -0.2) is 24.9 Å². The second-order valence-corrected chi connectivity index (χ2v) is 13.4. The predicted molar refractivity (Wildman–Crippen MR) is 215 cm³/mol. The van der Waals surface area contributed by atoms with Gasteiger partial charge >= 0.3 is 0 Å². The summed E-state index contributed by atoms with van der Waals surface area (Å²) in [6.45, 7) is 0. The van der Waals surface area contributed by atoms with Crippen molar-refractivity contribution in [3.8, 4) is 68.1 Å². The molecule has 5 nitrogen and oxygen atoms in total. The molecule has 0 spiro atoms. The van der Waals surface area contributed by atoms with Crippen LogP contribution in [-0.2, 0) is 0 Å². The topological polar surface area (TPSA) is 64.5 Å². The number of aromatic nitrogens is 5. The van der Waals surface area contributed by atoms with E-state index < -0.39 is 0 Å². The average Bonchev–Trinajstić information content (AvgIpc) is 3.19. The standard InChI is InChI=1S/C22H15BrN2.C21H14IN3/c23-19-13-11-18(12-14-19)22-24-20(16-7-3-1-4-8-16)15-21(25-22)17-9-5-2-6-10-17;22-18-13-7-12-17(14-18)21-24-19(15-8-3-1-4-9-15)23-20(25-21)16-10-5-2-6-11-16/h1-15H;1-14H. The molecule has 8 aromatic rings. The van der Waals surface area contributed by atoms with Gasteiger partial charge in [0.2, 0.25) is 0 Å². The summed E-state index contributed by atoms with van der Waals surface area (Å²) in [6.07, 6.45) is 0. The Kier molecular flexibility index (Phi) is 10.5. The SMILES string of the molecule is Brc1ccc(-c2nc(-c3ccccc3)cc(-c3ccccc3)n2)cc1.Ic1cccc(-c2nc(-c3ccccc3)nc(-c3ccccc3)n2)c1. The first-order valence-electron chi connectivity index (χ1n) is 16.0. The fourth-order valence-corrected chi connectivity index (χ4v) is 6.06. The molecular formula is C43H29BrIN5. The van der Waals surface area contributed by atoms with E-state index in [0.29, 0.717) is 17.5 Å². The van der Waals surface area contributed by atoms with E-state index >= 15 is 0 Å². The van der Waals surface area contributed by atoms with Crippen molar-refractivity contribution in [2.45, 2.75) is 0 Å². The number of hydrogen-bond acceptors (Lipinski definition) is 5. The van der Waals surface area contributed by atoms with Crippen LogP contribution in [0.1, 0.15) is 0 Å². The van der Waals surface area contributed by atoms with E-state index in [1.807, 2.05) is 140 Å². The van der Waals surface area contributed by atoms with Gasteiger partial charge in [0.25, 0.3) is 0 Å². The Morgan fingerprint density at radius 2 is 0.680 bits per heavy atom. The summed E-state index contributed by atoms with van der Waals surface area (Å²) >= 11 is 5.78. The zero-order valence-electron chi connectivity index (χ0n) is 26.7. The summed E-state index contributed by atoms with van der Waals surface area (Å²) in [5.74, 6) is 2.78. The van der Waals surface area contributed by atoms with Gasteiger partial charge in [0.1, 0.15) is 0 Å². The maximum Gasteiger partial charge on any atom is 0.164 e. The first-order valence-corrected chi connectivity index (χ1v) is 17.8. The molecule has 0 fully saturated rings. The molecule has 0 radical (unpaired) electrons. The summed E-state index contributed by atoms with van der Waals surface area (Å²) in [7, 11) is 0. The molecule has 0 unspecified atom stereocenters. The lowest BCUT2D eigenvalue weighted by Crippen LogP contribution is -2.00. The van der Waals surface area contributed by atoms with Crippen LogP contribution in [0.25, 0.3) is 68.1 Å². The number of halogens is 2. The quantitative estimate of drug-likeness (QED) is 0.156. The number of hydrogen-bond donors (Lipinski definition) is 0. The van der Waals surface area contributed by atoms with E-state index in [0.717, 1.165) is 58.6 Å². The first-order chi connectivity index (χ1) is 24.6. The average molecular weight is 823 g/mol. The van der Waals surface area contributed by atoms with E-state index in [4.69, 9.17) is 24.9 Å². The Labute approximate surface area is 313 Å². The molecular weight excluding hydrogens is 793 g/mol. The van der Waals surface area contributed by atoms with Gasteiger partial charge in [0.05, 0.1) is 11.4 Å². The second-order valence-electron chi connectivity index (χ2n) is 11.2. The van der Waals surface area contributed by atoms with Gasteiger partial charge in [0, 0.05) is 41.4 Å². The van der Waals surface area contributed by atoms with Crippen LogP contribution in [0.2, 0.25) is 0 Å². The minimum Gasteiger partial charge on any atom is -0.228 e. The van der Waals surface area contributed by atoms with Gasteiger partial charge in [-0.2, -0.15) is 0 Å². The summed E-state index contributed by atoms with van der Waals surface area (Å²) in [5, 5.41) is 0. The Hall–Kier alpha value is -5.38. The molecule has 0 bridgehead atoms. The van der Waals surface area contributed by atoms with Crippen molar-refractivity contribution in [1.29, 1.82) is 0 Å². The molecule has 0 N–H and O–H groups in total. The summed E-state index contributed by atoms with van der Waals surface area (Å²) in [6, 6.07) is 58.8. The van der Waals surface area contributed by atoms with E-state index in [2.05, 4.69) is 74.9 Å². The lowest BCUT2D eigenvalue weighted by molar-refractivity contribution is 1.07. The van der Waals surface area contributed by atoms with Crippen molar-refractivity contribution in [2.24, 2.45) is 0 Å². The van der Waals surface area contributed by atoms with Crippen molar-refractivity contribution in [2.75, 3.05) is 0 Å². The molecule has 0 amide bonds. The van der Waals surface area contributed by atoms with Gasteiger partial charge < -0.3 is 0 Å². The van der Waals surface area contributed by atoms with E-state index in [1.165, 1.54) is 0 Å². The van der Waals surface area contributed by atoms with Gasteiger partial charge in [-0.25, -0.2) is 24.9 Å². The molecule has 8 rings (SSSR count). The molecule has 50 heavy (non-hydrogen) atoms. The molecule has 0 aliphatic heterocycles. The van der Waals surface area contributed by atoms with Crippen LogP contribution in [0, 0.1) is 3.57 Å². The van der Waals surface area contributed by atoms with Gasteiger partial charge in [-0.05, 0) is 52.9 Å². The van der Waals surface area contributed by atoms with Gasteiger partial charge in [0.15, 0.2) is 23.3 Å². The summed E-state index contributed by atoms with van der Waals surface area (Å²) < 4.78 is 2.19. The Morgan fingerprint density at radius 1 is 0.320 bits per heavy atom. The summed E-state index contributed by atoms with van der Waals surface area (Å²) in [5.41, 5.74) is 7.96. The third-order valence-corrected chi connectivity index (χ3v) is 8.95. The Bertz CT molecular complexity index is 2210. The van der Waals surface area contributed by atoms with Crippen molar-refractivity contribution >= 4 is 38.5 Å². The molecule has 0 aliphatic rings. The second kappa shape index (κ2) is 15.9. The highest BCUT2D eigenvalue weighted by molar-refractivity contribution is 14.1.